The summed E-state index contributed by atoms with van der Waals surface area (Å²) in [6, 6.07) is 17.7. The largest absolute Gasteiger partial charge is 0.494 e. The first-order chi connectivity index (χ1) is 11.7. The maximum Gasteiger partial charge on any atom is 0.244 e. The summed E-state index contributed by atoms with van der Waals surface area (Å²) in [5.74, 6) is 0.761. The van der Waals surface area contributed by atoms with Crippen LogP contribution in [0.2, 0.25) is 0 Å². The van der Waals surface area contributed by atoms with Gasteiger partial charge in [0.25, 0.3) is 0 Å². The van der Waals surface area contributed by atoms with Gasteiger partial charge in [0, 0.05) is 6.08 Å². The maximum absolute atomic E-state index is 12.0. The van der Waals surface area contributed by atoms with Crippen molar-refractivity contribution in [2.75, 3.05) is 6.61 Å². The molecular weight excluding hydrogens is 298 g/mol. The fraction of sp³-hybridized carbons (Fsp3) is 0.286. The van der Waals surface area contributed by atoms with E-state index in [0.717, 1.165) is 36.3 Å². The van der Waals surface area contributed by atoms with Gasteiger partial charge in [-0.25, -0.2) is 0 Å². The first-order valence-corrected chi connectivity index (χ1v) is 8.45. The predicted octanol–water partition coefficient (Wildman–Crippen LogP) is 4.76. The van der Waals surface area contributed by atoms with Gasteiger partial charge >= 0.3 is 0 Å². The van der Waals surface area contributed by atoms with Crippen LogP contribution < -0.4 is 10.1 Å². The molecule has 1 unspecified atom stereocenters. The lowest BCUT2D eigenvalue weighted by Crippen LogP contribution is -2.24. The molecule has 0 spiro atoms. The Morgan fingerprint density at radius 1 is 1.12 bits per heavy atom. The minimum Gasteiger partial charge on any atom is -0.494 e. The summed E-state index contributed by atoms with van der Waals surface area (Å²) in [5, 5.41) is 2.96. The molecule has 2 aromatic rings. The second-order valence-electron chi connectivity index (χ2n) is 5.75. The molecule has 126 valence electrons. The molecule has 2 aromatic carbocycles. The van der Waals surface area contributed by atoms with E-state index in [1.54, 1.807) is 6.08 Å². The Balaban J connectivity index is 1.84. The molecule has 1 amide bonds. The summed E-state index contributed by atoms with van der Waals surface area (Å²) < 4.78 is 5.63. The number of hydrogen-bond acceptors (Lipinski definition) is 2. The van der Waals surface area contributed by atoms with Crippen molar-refractivity contribution in [3.63, 3.8) is 0 Å². The number of amides is 1. The lowest BCUT2D eigenvalue weighted by atomic mass is 10.1. The third-order valence-electron chi connectivity index (χ3n) is 3.73. The molecule has 0 aromatic heterocycles. The van der Waals surface area contributed by atoms with Crippen LogP contribution >= 0.6 is 0 Å². The van der Waals surface area contributed by atoms with Gasteiger partial charge in [0.1, 0.15) is 5.75 Å². The summed E-state index contributed by atoms with van der Waals surface area (Å²) in [6.07, 6.45) is 5.55. The summed E-state index contributed by atoms with van der Waals surface area (Å²) in [7, 11) is 0. The molecule has 1 N–H and O–H groups in total. The minimum atomic E-state index is -0.102. The molecule has 0 saturated carbocycles. The number of carbonyl (C=O) groups excluding carboxylic acids is 1. The normalized spacial score (nSPS) is 12.1. The van der Waals surface area contributed by atoms with Gasteiger partial charge in [-0.3, -0.25) is 4.79 Å². The molecular formula is C21H25NO2. The average molecular weight is 323 g/mol. The van der Waals surface area contributed by atoms with Crippen molar-refractivity contribution in [3.8, 4) is 5.75 Å². The van der Waals surface area contributed by atoms with Gasteiger partial charge in [-0.1, -0.05) is 55.8 Å². The Bertz CT molecular complexity index is 647. The van der Waals surface area contributed by atoms with Crippen LogP contribution in [0.1, 0.15) is 43.9 Å². The van der Waals surface area contributed by atoms with E-state index in [2.05, 4.69) is 12.2 Å². The van der Waals surface area contributed by atoms with E-state index >= 15 is 0 Å². The van der Waals surface area contributed by atoms with Crippen LogP contribution in [0.15, 0.2) is 60.7 Å². The molecule has 0 aliphatic rings. The zero-order valence-corrected chi connectivity index (χ0v) is 14.4. The van der Waals surface area contributed by atoms with E-state index < -0.39 is 0 Å². The van der Waals surface area contributed by atoms with Crippen LogP contribution in [-0.4, -0.2) is 12.5 Å². The van der Waals surface area contributed by atoms with E-state index in [9.17, 15) is 4.79 Å². The smallest absolute Gasteiger partial charge is 0.244 e. The Morgan fingerprint density at radius 2 is 1.83 bits per heavy atom. The van der Waals surface area contributed by atoms with Crippen molar-refractivity contribution >= 4 is 12.0 Å². The summed E-state index contributed by atoms with van der Waals surface area (Å²) in [4.78, 5) is 12.0. The zero-order chi connectivity index (χ0) is 17.2. The van der Waals surface area contributed by atoms with Gasteiger partial charge < -0.3 is 10.1 Å². The van der Waals surface area contributed by atoms with Gasteiger partial charge in [-0.15, -0.1) is 0 Å². The van der Waals surface area contributed by atoms with E-state index in [1.165, 1.54) is 0 Å². The fourth-order valence-electron chi connectivity index (χ4n) is 2.27. The van der Waals surface area contributed by atoms with Crippen LogP contribution in [0.25, 0.3) is 6.08 Å². The van der Waals surface area contributed by atoms with Crippen LogP contribution in [0.4, 0.5) is 0 Å². The predicted molar refractivity (Wildman–Crippen MR) is 98.9 cm³/mol. The first kappa shape index (κ1) is 17.8. The Labute approximate surface area is 144 Å². The molecule has 0 aliphatic heterocycles. The Kier molecular flexibility index (Phi) is 7.09. The van der Waals surface area contributed by atoms with Crippen molar-refractivity contribution in [1.29, 1.82) is 0 Å². The number of hydrogen-bond donors (Lipinski definition) is 1. The minimum absolute atomic E-state index is 0.0160. The molecule has 0 radical (unpaired) electrons. The molecule has 2 rings (SSSR count). The van der Waals surface area contributed by atoms with E-state index in [4.69, 9.17) is 4.74 Å². The third kappa shape index (κ3) is 5.92. The van der Waals surface area contributed by atoms with Gasteiger partial charge in [0.2, 0.25) is 5.91 Å². The summed E-state index contributed by atoms with van der Waals surface area (Å²) in [6.45, 7) is 4.86. The van der Waals surface area contributed by atoms with Crippen LogP contribution in [0.3, 0.4) is 0 Å². The monoisotopic (exact) mass is 323 g/mol. The average Bonchev–Trinajstić information content (AvgIpc) is 2.62. The molecule has 3 heteroatoms. The number of carbonyl (C=O) groups is 1. The molecule has 0 bridgehead atoms. The zero-order valence-electron chi connectivity index (χ0n) is 14.4. The first-order valence-electron chi connectivity index (χ1n) is 8.45. The molecule has 0 saturated heterocycles. The quantitative estimate of drug-likeness (QED) is 0.562. The van der Waals surface area contributed by atoms with E-state index in [-0.39, 0.29) is 11.9 Å². The Morgan fingerprint density at radius 3 is 2.50 bits per heavy atom. The standard InChI is InChI=1S/C21H25NO2/c1-3-4-16-24-20-13-10-18(11-14-20)12-15-21(23)22-17(2)19-8-6-5-7-9-19/h5-15,17H,3-4,16H2,1-2H3,(H,22,23). The summed E-state index contributed by atoms with van der Waals surface area (Å²) in [5.41, 5.74) is 2.06. The van der Waals surface area contributed by atoms with Crippen molar-refractivity contribution in [1.82, 2.24) is 5.32 Å². The van der Waals surface area contributed by atoms with Crippen LogP contribution in [-0.2, 0) is 4.79 Å². The highest BCUT2D eigenvalue weighted by Gasteiger charge is 2.06. The van der Waals surface area contributed by atoms with Crippen molar-refractivity contribution in [2.45, 2.75) is 32.7 Å². The maximum atomic E-state index is 12.0. The highest BCUT2D eigenvalue weighted by Crippen LogP contribution is 2.14. The van der Waals surface area contributed by atoms with Gasteiger partial charge in [0.15, 0.2) is 0 Å². The van der Waals surface area contributed by atoms with Crippen LogP contribution in [0, 0.1) is 0 Å². The van der Waals surface area contributed by atoms with E-state index in [0.29, 0.717) is 0 Å². The number of benzene rings is 2. The highest BCUT2D eigenvalue weighted by atomic mass is 16.5. The lowest BCUT2D eigenvalue weighted by molar-refractivity contribution is -0.117. The van der Waals surface area contributed by atoms with Gasteiger partial charge in [-0.2, -0.15) is 0 Å². The van der Waals surface area contributed by atoms with Crippen molar-refractivity contribution < 1.29 is 9.53 Å². The highest BCUT2D eigenvalue weighted by molar-refractivity contribution is 5.91. The number of nitrogens with one attached hydrogen (secondary N) is 1. The second kappa shape index (κ2) is 9.56. The molecule has 0 heterocycles. The molecule has 0 aliphatic carbocycles. The molecule has 1 atom stereocenters. The van der Waals surface area contributed by atoms with E-state index in [1.807, 2.05) is 67.6 Å². The molecule has 3 nitrogen and oxygen atoms in total. The lowest BCUT2D eigenvalue weighted by Gasteiger charge is -2.12. The van der Waals surface area contributed by atoms with Crippen LogP contribution in [0.5, 0.6) is 5.75 Å². The number of unbranched alkanes of at least 4 members (excludes halogenated alkanes) is 1. The molecule has 0 fully saturated rings. The topological polar surface area (TPSA) is 38.3 Å². The van der Waals surface area contributed by atoms with Crippen molar-refractivity contribution in [3.05, 3.63) is 71.8 Å². The molecule has 24 heavy (non-hydrogen) atoms. The van der Waals surface area contributed by atoms with Gasteiger partial charge in [-0.05, 0) is 42.7 Å². The third-order valence-corrected chi connectivity index (χ3v) is 3.73. The number of rotatable bonds is 8. The SMILES string of the molecule is CCCCOc1ccc(C=CC(=O)NC(C)c2ccccc2)cc1. The Hall–Kier alpha value is -2.55. The fourth-order valence-corrected chi connectivity index (χ4v) is 2.27. The van der Waals surface area contributed by atoms with Crippen molar-refractivity contribution in [2.24, 2.45) is 0 Å². The van der Waals surface area contributed by atoms with Gasteiger partial charge in [0.05, 0.1) is 12.6 Å². The summed E-state index contributed by atoms with van der Waals surface area (Å²) >= 11 is 0. The number of ether oxygens (including phenoxy) is 1. The second-order valence-corrected chi connectivity index (χ2v) is 5.75.